The summed E-state index contributed by atoms with van der Waals surface area (Å²) in [5.41, 5.74) is 5.97. The highest BCUT2D eigenvalue weighted by molar-refractivity contribution is 5.77. The van der Waals surface area contributed by atoms with E-state index < -0.39 is 0 Å². The first-order valence-electron chi connectivity index (χ1n) is 6.16. The Labute approximate surface area is 98.6 Å². The van der Waals surface area contributed by atoms with E-state index in [-0.39, 0.29) is 11.4 Å². The molecule has 0 bridgehead atoms. The molecule has 0 heterocycles. The number of amides is 1. The molecular formula is C12H25N3O. The summed E-state index contributed by atoms with van der Waals surface area (Å²) in [4.78, 5) is 13.5. The molecule has 3 N–H and O–H groups in total. The molecule has 4 nitrogen and oxygen atoms in total. The summed E-state index contributed by atoms with van der Waals surface area (Å²) >= 11 is 0. The van der Waals surface area contributed by atoms with Crippen molar-refractivity contribution in [3.63, 3.8) is 0 Å². The molecule has 1 rings (SSSR count). The second-order valence-corrected chi connectivity index (χ2v) is 5.14. The normalized spacial score (nSPS) is 30.4. The third-order valence-corrected chi connectivity index (χ3v) is 4.05. The zero-order valence-electron chi connectivity index (χ0n) is 10.8. The molecule has 1 saturated carbocycles. The van der Waals surface area contributed by atoms with E-state index in [2.05, 4.69) is 17.1 Å². The number of carbonyl (C=O) groups is 1. The smallest absolute Gasteiger partial charge is 0.233 e. The number of rotatable bonds is 4. The van der Waals surface area contributed by atoms with E-state index in [0.717, 1.165) is 18.8 Å². The Balaban J connectivity index is 2.61. The summed E-state index contributed by atoms with van der Waals surface area (Å²) in [6.07, 6.45) is 4.65. The maximum atomic E-state index is 11.4. The van der Waals surface area contributed by atoms with Crippen LogP contribution in [0.15, 0.2) is 0 Å². The van der Waals surface area contributed by atoms with Crippen LogP contribution >= 0.6 is 0 Å². The topological polar surface area (TPSA) is 58.4 Å². The van der Waals surface area contributed by atoms with E-state index in [1.165, 1.54) is 12.8 Å². The minimum Gasteiger partial charge on any atom is -0.358 e. The largest absolute Gasteiger partial charge is 0.358 e. The van der Waals surface area contributed by atoms with Gasteiger partial charge < -0.3 is 11.1 Å². The standard InChI is InChI=1S/C12H25N3O/c1-10-4-6-12(9-13,7-5-10)15(3)8-11(16)14-2/h10H,4-9,13H2,1-3H3,(H,14,16). The van der Waals surface area contributed by atoms with E-state index >= 15 is 0 Å². The lowest BCUT2D eigenvalue weighted by Crippen LogP contribution is -2.56. The Bertz CT molecular complexity index is 234. The number of hydrogen-bond acceptors (Lipinski definition) is 3. The van der Waals surface area contributed by atoms with Crippen molar-refractivity contribution < 1.29 is 4.79 Å². The van der Waals surface area contributed by atoms with Gasteiger partial charge in [0.05, 0.1) is 6.54 Å². The van der Waals surface area contributed by atoms with Gasteiger partial charge in [0.1, 0.15) is 0 Å². The first-order chi connectivity index (χ1) is 7.54. The fraction of sp³-hybridized carbons (Fsp3) is 0.917. The van der Waals surface area contributed by atoms with Crippen molar-refractivity contribution in [3.8, 4) is 0 Å². The number of nitrogens with zero attached hydrogens (tertiary/aromatic N) is 1. The molecule has 0 radical (unpaired) electrons. The minimum atomic E-state index is 0.0407. The summed E-state index contributed by atoms with van der Waals surface area (Å²) < 4.78 is 0. The van der Waals surface area contributed by atoms with Crippen molar-refractivity contribution >= 4 is 5.91 Å². The maximum Gasteiger partial charge on any atom is 0.233 e. The third kappa shape index (κ3) is 2.95. The van der Waals surface area contributed by atoms with Crippen LogP contribution < -0.4 is 11.1 Å². The highest BCUT2D eigenvalue weighted by Gasteiger charge is 2.36. The molecule has 1 amide bonds. The van der Waals surface area contributed by atoms with Crippen LogP contribution in [0, 0.1) is 5.92 Å². The highest BCUT2D eigenvalue weighted by atomic mass is 16.1. The fourth-order valence-corrected chi connectivity index (χ4v) is 2.50. The molecule has 1 aliphatic rings. The van der Waals surface area contributed by atoms with Crippen LogP contribution in [-0.2, 0) is 4.79 Å². The van der Waals surface area contributed by atoms with Gasteiger partial charge in [-0.15, -0.1) is 0 Å². The molecule has 0 aliphatic heterocycles. The number of nitrogens with two attached hydrogens (primary N) is 1. The van der Waals surface area contributed by atoms with Gasteiger partial charge in [-0.1, -0.05) is 6.92 Å². The molecule has 16 heavy (non-hydrogen) atoms. The van der Waals surface area contributed by atoms with Gasteiger partial charge in [0.25, 0.3) is 0 Å². The molecule has 0 aromatic rings. The quantitative estimate of drug-likeness (QED) is 0.738. The van der Waals surface area contributed by atoms with Crippen LogP contribution in [-0.4, -0.2) is 43.5 Å². The molecule has 0 unspecified atom stereocenters. The zero-order chi connectivity index (χ0) is 12.2. The van der Waals surface area contributed by atoms with Crippen molar-refractivity contribution in [1.82, 2.24) is 10.2 Å². The molecular weight excluding hydrogens is 202 g/mol. The molecule has 0 aromatic carbocycles. The highest BCUT2D eigenvalue weighted by Crippen LogP contribution is 2.34. The van der Waals surface area contributed by atoms with Crippen LogP contribution in [0.3, 0.4) is 0 Å². The third-order valence-electron chi connectivity index (χ3n) is 4.05. The van der Waals surface area contributed by atoms with Crippen LogP contribution in [0.25, 0.3) is 0 Å². The first-order valence-corrected chi connectivity index (χ1v) is 6.16. The van der Waals surface area contributed by atoms with E-state index in [1.54, 1.807) is 7.05 Å². The number of hydrogen-bond donors (Lipinski definition) is 2. The molecule has 0 spiro atoms. The fourth-order valence-electron chi connectivity index (χ4n) is 2.50. The predicted octanol–water partition coefficient (Wildman–Crippen LogP) is 0.572. The Morgan fingerprint density at radius 3 is 2.50 bits per heavy atom. The van der Waals surface area contributed by atoms with Gasteiger partial charge in [-0.2, -0.15) is 0 Å². The molecule has 1 fully saturated rings. The minimum absolute atomic E-state index is 0.0407. The van der Waals surface area contributed by atoms with Crippen molar-refractivity contribution in [2.45, 2.75) is 38.1 Å². The molecule has 4 heteroatoms. The Morgan fingerprint density at radius 1 is 1.50 bits per heavy atom. The van der Waals surface area contributed by atoms with Crippen LogP contribution in [0.5, 0.6) is 0 Å². The first kappa shape index (κ1) is 13.5. The number of carbonyl (C=O) groups excluding carboxylic acids is 1. The summed E-state index contributed by atoms with van der Waals surface area (Å²) in [5, 5.41) is 2.66. The van der Waals surface area contributed by atoms with E-state index in [1.807, 2.05) is 7.05 Å². The molecule has 0 atom stereocenters. The van der Waals surface area contributed by atoms with Crippen molar-refractivity contribution in [1.29, 1.82) is 0 Å². The second-order valence-electron chi connectivity index (χ2n) is 5.14. The Hall–Kier alpha value is -0.610. The van der Waals surface area contributed by atoms with Gasteiger partial charge >= 0.3 is 0 Å². The van der Waals surface area contributed by atoms with Gasteiger partial charge in [0.15, 0.2) is 0 Å². The van der Waals surface area contributed by atoms with Crippen LogP contribution in [0.1, 0.15) is 32.6 Å². The Morgan fingerprint density at radius 2 is 2.06 bits per heavy atom. The monoisotopic (exact) mass is 227 g/mol. The summed E-state index contributed by atoms with van der Waals surface area (Å²) in [5.74, 6) is 0.863. The average molecular weight is 227 g/mol. The molecule has 1 aliphatic carbocycles. The lowest BCUT2D eigenvalue weighted by molar-refractivity contribution is -0.123. The lowest BCUT2D eigenvalue weighted by atomic mass is 9.76. The van der Waals surface area contributed by atoms with Gasteiger partial charge in [-0.05, 0) is 38.6 Å². The molecule has 0 aromatic heterocycles. The van der Waals surface area contributed by atoms with Gasteiger partial charge in [0, 0.05) is 19.1 Å². The summed E-state index contributed by atoms with van der Waals surface area (Å²) in [6, 6.07) is 0. The van der Waals surface area contributed by atoms with Gasteiger partial charge in [-0.3, -0.25) is 9.69 Å². The van der Waals surface area contributed by atoms with Crippen LogP contribution in [0.2, 0.25) is 0 Å². The van der Waals surface area contributed by atoms with E-state index in [0.29, 0.717) is 13.1 Å². The van der Waals surface area contributed by atoms with Gasteiger partial charge in [0.2, 0.25) is 5.91 Å². The summed E-state index contributed by atoms with van der Waals surface area (Å²) in [7, 11) is 3.69. The molecule has 0 saturated heterocycles. The molecule has 94 valence electrons. The van der Waals surface area contributed by atoms with Gasteiger partial charge in [-0.25, -0.2) is 0 Å². The van der Waals surface area contributed by atoms with Crippen molar-refractivity contribution in [3.05, 3.63) is 0 Å². The van der Waals surface area contributed by atoms with Crippen molar-refractivity contribution in [2.24, 2.45) is 11.7 Å². The number of likely N-dealkylation sites (N-methyl/N-ethyl adjacent to an activating group) is 2. The van der Waals surface area contributed by atoms with Crippen molar-refractivity contribution in [2.75, 3.05) is 27.2 Å². The SMILES string of the molecule is CNC(=O)CN(C)C1(CN)CCC(C)CC1. The zero-order valence-corrected chi connectivity index (χ0v) is 10.8. The predicted molar refractivity (Wildman–Crippen MR) is 66.1 cm³/mol. The lowest BCUT2D eigenvalue weighted by Gasteiger charge is -2.45. The maximum absolute atomic E-state index is 11.4. The Kier molecular flexibility index (Phi) is 4.74. The van der Waals surface area contributed by atoms with E-state index in [9.17, 15) is 4.79 Å². The summed E-state index contributed by atoms with van der Waals surface area (Å²) in [6.45, 7) is 3.38. The van der Waals surface area contributed by atoms with E-state index in [4.69, 9.17) is 5.73 Å². The number of nitrogens with one attached hydrogen (secondary N) is 1. The average Bonchev–Trinajstić information content (AvgIpc) is 2.30. The second kappa shape index (κ2) is 5.64. The van der Waals surface area contributed by atoms with Crippen LogP contribution in [0.4, 0.5) is 0 Å².